The van der Waals surface area contributed by atoms with Crippen molar-refractivity contribution in [2.45, 2.75) is 39.3 Å². The van der Waals surface area contributed by atoms with Crippen molar-refractivity contribution < 1.29 is 13.9 Å². The third-order valence-electron chi connectivity index (χ3n) is 4.88. The summed E-state index contributed by atoms with van der Waals surface area (Å²) in [6, 6.07) is 3.67. The van der Waals surface area contributed by atoms with Crippen molar-refractivity contribution in [3.05, 3.63) is 59.8 Å². The lowest BCUT2D eigenvalue weighted by molar-refractivity contribution is 0.225. The summed E-state index contributed by atoms with van der Waals surface area (Å²) in [6.45, 7) is 4.52. The molecule has 3 rings (SSSR count). The molecule has 0 fully saturated rings. The van der Waals surface area contributed by atoms with E-state index in [1.807, 2.05) is 36.9 Å². The van der Waals surface area contributed by atoms with Crippen LogP contribution in [0.1, 0.15) is 31.5 Å². The van der Waals surface area contributed by atoms with Crippen LogP contribution in [0.3, 0.4) is 0 Å². The Balaban J connectivity index is 1.84. The van der Waals surface area contributed by atoms with Gasteiger partial charge < -0.3 is 15.2 Å². The number of nitrogens with one attached hydrogen (secondary N) is 1. The van der Waals surface area contributed by atoms with Crippen molar-refractivity contribution in [1.82, 2.24) is 25.0 Å². The number of hydrogen-bond donors (Lipinski definition) is 2. The summed E-state index contributed by atoms with van der Waals surface area (Å²) in [5.74, 6) is 3.03. The van der Waals surface area contributed by atoms with Crippen molar-refractivity contribution >= 4 is 5.82 Å². The van der Waals surface area contributed by atoms with Gasteiger partial charge in [0.25, 0.3) is 0 Å². The van der Waals surface area contributed by atoms with Crippen LogP contribution in [0.5, 0.6) is 11.6 Å². The van der Waals surface area contributed by atoms with Gasteiger partial charge in [-0.1, -0.05) is 5.92 Å². The molecule has 3 aromatic heterocycles. The zero-order chi connectivity index (χ0) is 23.8. The number of nitrogen functional groups attached to an aromatic ring is 1. The van der Waals surface area contributed by atoms with E-state index in [1.54, 1.807) is 13.3 Å². The Hall–Kier alpha value is -4.06. The van der Waals surface area contributed by atoms with Crippen molar-refractivity contribution in [3.63, 3.8) is 0 Å². The monoisotopic (exact) mass is 450 g/mol. The number of nitrogens with two attached hydrogens (primary N) is 1. The van der Waals surface area contributed by atoms with Crippen molar-refractivity contribution in [1.29, 1.82) is 0 Å². The molecule has 3 heterocycles. The maximum atomic E-state index is 13.7. The fraction of sp³-hybridized carbons (Fsp3) is 0.292. The maximum absolute atomic E-state index is 13.7. The highest BCUT2D eigenvalue weighted by Gasteiger charge is 2.17. The number of anilines is 1. The number of pyridine rings is 1. The standard InChI is InChI=1S/C24H27FN6O2/c1-5-7-8-19(25)10-9-16(3)33-21-12-18(14-27-24(21)26)23-17(15-28-31(23)6-2)11-20-13-22(32-4)30-29-20/h1,7-8,10,12-16H,6,9,11H2,2-4H3,(H2,26,27)(H,29,30)/b8-7-,19-10+. The van der Waals surface area contributed by atoms with Crippen LogP contribution in [0.15, 0.2) is 48.6 Å². The zero-order valence-electron chi connectivity index (χ0n) is 18.9. The van der Waals surface area contributed by atoms with Crippen LogP contribution in [0, 0.1) is 12.3 Å². The van der Waals surface area contributed by atoms with Gasteiger partial charge in [-0.3, -0.25) is 9.78 Å². The van der Waals surface area contributed by atoms with Gasteiger partial charge in [0.2, 0.25) is 5.88 Å². The van der Waals surface area contributed by atoms with Crippen LogP contribution in [0.25, 0.3) is 11.3 Å². The first-order valence-corrected chi connectivity index (χ1v) is 10.5. The number of aryl methyl sites for hydroxylation is 1. The smallest absolute Gasteiger partial charge is 0.232 e. The molecule has 0 amide bonds. The number of allylic oxidation sites excluding steroid dienone is 3. The fourth-order valence-corrected chi connectivity index (χ4v) is 3.29. The van der Waals surface area contributed by atoms with E-state index >= 15 is 0 Å². The maximum Gasteiger partial charge on any atom is 0.232 e. The Morgan fingerprint density at radius 3 is 2.91 bits per heavy atom. The fourth-order valence-electron chi connectivity index (χ4n) is 3.29. The predicted molar refractivity (Wildman–Crippen MR) is 125 cm³/mol. The van der Waals surface area contributed by atoms with Crippen LogP contribution < -0.4 is 15.2 Å². The lowest BCUT2D eigenvalue weighted by Crippen LogP contribution is -2.12. The Morgan fingerprint density at radius 2 is 2.21 bits per heavy atom. The van der Waals surface area contributed by atoms with Crippen LogP contribution in [-0.4, -0.2) is 38.2 Å². The van der Waals surface area contributed by atoms with Gasteiger partial charge in [-0.05, 0) is 38.1 Å². The molecule has 172 valence electrons. The van der Waals surface area contributed by atoms with Crippen molar-refractivity contribution in [2.24, 2.45) is 0 Å². The van der Waals surface area contributed by atoms with Crippen molar-refractivity contribution in [2.75, 3.05) is 12.8 Å². The van der Waals surface area contributed by atoms with Gasteiger partial charge >= 0.3 is 0 Å². The molecule has 1 unspecified atom stereocenters. The minimum Gasteiger partial charge on any atom is -0.487 e. The number of aromatic nitrogens is 5. The number of halogens is 1. The zero-order valence-corrected chi connectivity index (χ0v) is 18.9. The van der Waals surface area contributed by atoms with Crippen LogP contribution in [-0.2, 0) is 13.0 Å². The summed E-state index contributed by atoms with van der Waals surface area (Å²) >= 11 is 0. The van der Waals surface area contributed by atoms with E-state index < -0.39 is 5.83 Å². The van der Waals surface area contributed by atoms with E-state index in [1.165, 1.54) is 18.2 Å². The molecule has 0 aliphatic heterocycles. The first-order valence-electron chi connectivity index (χ1n) is 10.5. The third kappa shape index (κ3) is 6.01. The number of hydrogen-bond acceptors (Lipinski definition) is 6. The summed E-state index contributed by atoms with van der Waals surface area (Å²) in [6.07, 6.45) is 13.1. The van der Waals surface area contributed by atoms with Gasteiger partial charge in [-0.25, -0.2) is 9.37 Å². The molecule has 0 spiro atoms. The molecule has 1 atom stereocenters. The molecule has 9 heteroatoms. The largest absolute Gasteiger partial charge is 0.487 e. The molecule has 3 N–H and O–H groups in total. The van der Waals surface area contributed by atoms with Gasteiger partial charge in [-0.15, -0.1) is 11.5 Å². The Kier molecular flexibility index (Phi) is 7.86. The lowest BCUT2D eigenvalue weighted by atomic mass is 10.1. The Labute approximate surface area is 192 Å². The first-order chi connectivity index (χ1) is 15.9. The molecular weight excluding hydrogens is 423 g/mol. The molecular formula is C24H27FN6O2. The second kappa shape index (κ2) is 11.0. The number of ether oxygens (including phenoxy) is 2. The van der Waals surface area contributed by atoms with E-state index in [0.717, 1.165) is 22.5 Å². The van der Waals surface area contributed by atoms with E-state index in [2.05, 4.69) is 26.2 Å². The molecule has 0 aromatic carbocycles. The average molecular weight is 451 g/mol. The SMILES string of the molecule is C#C/C=C\C(F)=C/CC(C)Oc1cc(-c2c(Cc3cc(OC)n[nH]3)cnn2CC)cnc1N. The van der Waals surface area contributed by atoms with E-state index in [0.29, 0.717) is 31.0 Å². The summed E-state index contributed by atoms with van der Waals surface area (Å²) in [7, 11) is 1.57. The van der Waals surface area contributed by atoms with Crippen LogP contribution in [0.2, 0.25) is 0 Å². The highest BCUT2D eigenvalue weighted by molar-refractivity contribution is 5.67. The molecule has 0 aliphatic rings. The van der Waals surface area contributed by atoms with Crippen molar-refractivity contribution in [3.8, 4) is 35.2 Å². The third-order valence-corrected chi connectivity index (χ3v) is 4.88. The predicted octanol–water partition coefficient (Wildman–Crippen LogP) is 4.07. The van der Waals surface area contributed by atoms with Gasteiger partial charge in [0.1, 0.15) is 5.83 Å². The summed E-state index contributed by atoms with van der Waals surface area (Å²) in [4.78, 5) is 4.31. The lowest BCUT2D eigenvalue weighted by Gasteiger charge is -2.16. The highest BCUT2D eigenvalue weighted by atomic mass is 19.1. The molecule has 0 aliphatic carbocycles. The van der Waals surface area contributed by atoms with Gasteiger partial charge in [0, 0.05) is 48.5 Å². The second-order valence-corrected chi connectivity index (χ2v) is 7.31. The molecule has 0 bridgehead atoms. The molecule has 0 saturated heterocycles. The quantitative estimate of drug-likeness (QED) is 0.356. The van der Waals surface area contributed by atoms with Gasteiger partial charge in [0.05, 0.1) is 25.1 Å². The molecule has 0 saturated carbocycles. The van der Waals surface area contributed by atoms with Crippen LogP contribution >= 0.6 is 0 Å². The first kappa shape index (κ1) is 23.6. The van der Waals surface area contributed by atoms with E-state index in [4.69, 9.17) is 21.6 Å². The number of H-pyrrole nitrogens is 1. The number of nitrogens with zero attached hydrogens (tertiary/aromatic N) is 4. The summed E-state index contributed by atoms with van der Waals surface area (Å²) in [5.41, 5.74) is 9.65. The minimum atomic E-state index is -0.421. The topological polar surface area (TPSA) is 104 Å². The normalized spacial score (nSPS) is 12.6. The van der Waals surface area contributed by atoms with E-state index in [-0.39, 0.29) is 11.9 Å². The summed E-state index contributed by atoms with van der Waals surface area (Å²) in [5, 5.41) is 11.6. The molecule has 0 radical (unpaired) electrons. The Morgan fingerprint density at radius 1 is 1.39 bits per heavy atom. The molecule has 3 aromatic rings. The van der Waals surface area contributed by atoms with Gasteiger partial charge in [-0.2, -0.15) is 5.10 Å². The minimum absolute atomic E-state index is 0.254. The molecule has 33 heavy (non-hydrogen) atoms. The number of terminal acetylenes is 1. The summed E-state index contributed by atoms with van der Waals surface area (Å²) < 4.78 is 26.7. The van der Waals surface area contributed by atoms with E-state index in [9.17, 15) is 4.39 Å². The number of methoxy groups -OCH3 is 1. The number of aromatic amines is 1. The highest BCUT2D eigenvalue weighted by Crippen LogP contribution is 2.31. The molecule has 8 nitrogen and oxygen atoms in total. The number of rotatable bonds is 10. The van der Waals surface area contributed by atoms with Crippen LogP contribution in [0.4, 0.5) is 10.2 Å². The Bertz CT molecular complexity index is 1190. The average Bonchev–Trinajstić information content (AvgIpc) is 3.44. The van der Waals surface area contributed by atoms with Gasteiger partial charge in [0.15, 0.2) is 11.6 Å². The second-order valence-electron chi connectivity index (χ2n) is 7.31.